The van der Waals surface area contributed by atoms with Gasteiger partial charge in [-0.25, -0.2) is 0 Å². The first kappa shape index (κ1) is 14.3. The fraction of sp³-hybridized carbons (Fsp3) is 0.222. The number of nitrogens with one attached hydrogen (secondary N) is 2. The maximum Gasteiger partial charge on any atom is 0.220 e. The molecular formula is C18H19N3O. The van der Waals surface area contributed by atoms with Crippen LogP contribution in [0.2, 0.25) is 0 Å². The van der Waals surface area contributed by atoms with Crippen LogP contribution in [0.4, 0.5) is 0 Å². The number of aromatic amines is 1. The molecule has 0 unspecified atom stereocenters. The van der Waals surface area contributed by atoms with Crippen molar-refractivity contribution in [3.63, 3.8) is 0 Å². The third kappa shape index (κ3) is 3.17. The van der Waals surface area contributed by atoms with Crippen LogP contribution in [0.1, 0.15) is 30.5 Å². The second kappa shape index (κ2) is 6.43. The standard InChI is InChI=1S/C18H19N3O/c1-13(14-8-10-19-11-9-14)21-18(22)7-6-15-12-20-17-5-3-2-4-16(15)17/h2-5,8-13,20H,6-7H2,1H3,(H,21,22)/t13-/m1/s1. The highest BCUT2D eigenvalue weighted by atomic mass is 16.1. The fourth-order valence-corrected chi connectivity index (χ4v) is 2.64. The molecule has 1 atom stereocenters. The highest BCUT2D eigenvalue weighted by molar-refractivity contribution is 5.84. The molecule has 2 aromatic heterocycles. The molecule has 2 N–H and O–H groups in total. The Kier molecular flexibility index (Phi) is 4.19. The molecule has 0 aliphatic carbocycles. The van der Waals surface area contributed by atoms with Crippen molar-refractivity contribution >= 4 is 16.8 Å². The number of amides is 1. The summed E-state index contributed by atoms with van der Waals surface area (Å²) in [4.78, 5) is 19.4. The topological polar surface area (TPSA) is 57.8 Å². The Balaban J connectivity index is 1.58. The van der Waals surface area contributed by atoms with Gasteiger partial charge in [0.25, 0.3) is 0 Å². The van der Waals surface area contributed by atoms with Crippen molar-refractivity contribution in [2.75, 3.05) is 0 Å². The van der Waals surface area contributed by atoms with Gasteiger partial charge in [-0.05, 0) is 42.7 Å². The highest BCUT2D eigenvalue weighted by Gasteiger charge is 2.10. The third-order valence-corrected chi connectivity index (χ3v) is 3.88. The number of fused-ring (bicyclic) bond motifs is 1. The lowest BCUT2D eigenvalue weighted by molar-refractivity contribution is -0.121. The van der Waals surface area contributed by atoms with Gasteiger partial charge in [0.1, 0.15) is 0 Å². The third-order valence-electron chi connectivity index (χ3n) is 3.88. The number of para-hydroxylation sites is 1. The summed E-state index contributed by atoms with van der Waals surface area (Å²) in [6.45, 7) is 1.99. The van der Waals surface area contributed by atoms with E-state index in [1.807, 2.05) is 43.5 Å². The molecule has 1 amide bonds. The zero-order chi connectivity index (χ0) is 15.4. The van der Waals surface area contributed by atoms with Crippen molar-refractivity contribution in [2.24, 2.45) is 0 Å². The van der Waals surface area contributed by atoms with Gasteiger partial charge >= 0.3 is 0 Å². The summed E-state index contributed by atoms with van der Waals surface area (Å²) in [6.07, 6.45) is 6.69. The predicted molar refractivity (Wildman–Crippen MR) is 87.4 cm³/mol. The number of nitrogens with zero attached hydrogens (tertiary/aromatic N) is 1. The minimum absolute atomic E-state index is 0.00142. The number of aryl methyl sites for hydroxylation is 1. The smallest absolute Gasteiger partial charge is 0.220 e. The number of carbonyl (C=O) groups is 1. The van der Waals surface area contributed by atoms with E-state index in [-0.39, 0.29) is 11.9 Å². The molecule has 0 radical (unpaired) electrons. The zero-order valence-corrected chi connectivity index (χ0v) is 12.5. The monoisotopic (exact) mass is 293 g/mol. The fourth-order valence-electron chi connectivity index (χ4n) is 2.64. The zero-order valence-electron chi connectivity index (χ0n) is 12.5. The average molecular weight is 293 g/mol. The lowest BCUT2D eigenvalue weighted by Crippen LogP contribution is -2.26. The molecule has 1 aromatic carbocycles. The number of H-pyrrole nitrogens is 1. The molecule has 0 aliphatic heterocycles. The molecule has 3 aromatic rings. The largest absolute Gasteiger partial charge is 0.361 e. The van der Waals surface area contributed by atoms with E-state index in [4.69, 9.17) is 0 Å². The van der Waals surface area contributed by atoms with Gasteiger partial charge < -0.3 is 10.3 Å². The number of hydrogen-bond acceptors (Lipinski definition) is 2. The number of aromatic nitrogens is 2. The summed E-state index contributed by atoms with van der Waals surface area (Å²) in [5.41, 5.74) is 3.36. The molecule has 0 spiro atoms. The highest BCUT2D eigenvalue weighted by Crippen LogP contribution is 2.19. The van der Waals surface area contributed by atoms with Crippen molar-refractivity contribution in [1.29, 1.82) is 0 Å². The summed E-state index contributed by atoms with van der Waals surface area (Å²) in [6, 6.07) is 12.0. The minimum Gasteiger partial charge on any atom is -0.361 e. The maximum absolute atomic E-state index is 12.1. The molecule has 0 bridgehead atoms. The van der Waals surface area contributed by atoms with E-state index in [1.54, 1.807) is 12.4 Å². The Morgan fingerprint density at radius 1 is 1.23 bits per heavy atom. The maximum atomic E-state index is 12.1. The number of pyridine rings is 1. The van der Waals surface area contributed by atoms with Crippen molar-refractivity contribution in [1.82, 2.24) is 15.3 Å². The van der Waals surface area contributed by atoms with Crippen LogP contribution in [0.25, 0.3) is 10.9 Å². The van der Waals surface area contributed by atoms with Gasteiger partial charge in [0.05, 0.1) is 6.04 Å². The minimum atomic E-state index is -0.00142. The SMILES string of the molecule is C[C@@H](NC(=O)CCc1c[nH]c2ccccc12)c1ccncc1. The molecular weight excluding hydrogens is 274 g/mol. The Hall–Kier alpha value is -2.62. The number of hydrogen-bond donors (Lipinski definition) is 2. The second-order valence-corrected chi connectivity index (χ2v) is 5.43. The Morgan fingerprint density at radius 2 is 2.00 bits per heavy atom. The van der Waals surface area contributed by atoms with Gasteiger partial charge in [-0.15, -0.1) is 0 Å². The van der Waals surface area contributed by atoms with Gasteiger partial charge in [0.15, 0.2) is 0 Å². The lowest BCUT2D eigenvalue weighted by atomic mass is 10.1. The van der Waals surface area contributed by atoms with Crippen LogP contribution in [-0.4, -0.2) is 15.9 Å². The van der Waals surface area contributed by atoms with Crippen molar-refractivity contribution < 1.29 is 4.79 Å². The molecule has 0 saturated heterocycles. The first-order valence-corrected chi connectivity index (χ1v) is 7.48. The van der Waals surface area contributed by atoms with Crippen LogP contribution >= 0.6 is 0 Å². The van der Waals surface area contributed by atoms with Crippen LogP contribution in [0.5, 0.6) is 0 Å². The van der Waals surface area contributed by atoms with E-state index in [2.05, 4.69) is 21.4 Å². The van der Waals surface area contributed by atoms with Gasteiger partial charge in [-0.1, -0.05) is 18.2 Å². The summed E-state index contributed by atoms with van der Waals surface area (Å²) >= 11 is 0. The van der Waals surface area contributed by atoms with E-state index in [9.17, 15) is 4.79 Å². The summed E-state index contributed by atoms with van der Waals surface area (Å²) in [5.74, 6) is 0.0644. The van der Waals surface area contributed by atoms with Crippen LogP contribution in [0.15, 0.2) is 55.0 Å². The van der Waals surface area contributed by atoms with Crippen LogP contribution in [0.3, 0.4) is 0 Å². The van der Waals surface area contributed by atoms with E-state index in [0.29, 0.717) is 6.42 Å². The Bertz CT molecular complexity index is 764. The van der Waals surface area contributed by atoms with Gasteiger partial charge in [0.2, 0.25) is 5.91 Å². The molecule has 0 aliphatic rings. The van der Waals surface area contributed by atoms with Gasteiger partial charge in [0, 0.05) is 35.9 Å². The molecule has 2 heterocycles. The molecule has 112 valence electrons. The predicted octanol–water partition coefficient (Wildman–Crippen LogP) is 3.37. The summed E-state index contributed by atoms with van der Waals surface area (Å²) < 4.78 is 0. The van der Waals surface area contributed by atoms with E-state index in [0.717, 1.165) is 17.5 Å². The quantitative estimate of drug-likeness (QED) is 0.757. The van der Waals surface area contributed by atoms with Crippen LogP contribution in [0, 0.1) is 0 Å². The van der Waals surface area contributed by atoms with Crippen molar-refractivity contribution in [2.45, 2.75) is 25.8 Å². The number of carbonyl (C=O) groups excluding carboxylic acids is 1. The molecule has 22 heavy (non-hydrogen) atoms. The second-order valence-electron chi connectivity index (χ2n) is 5.43. The molecule has 4 nitrogen and oxygen atoms in total. The van der Waals surface area contributed by atoms with Crippen LogP contribution in [-0.2, 0) is 11.2 Å². The van der Waals surface area contributed by atoms with E-state index < -0.39 is 0 Å². The summed E-state index contributed by atoms with van der Waals surface area (Å²) in [7, 11) is 0. The summed E-state index contributed by atoms with van der Waals surface area (Å²) in [5, 5.41) is 4.22. The molecule has 3 rings (SSSR count). The molecule has 0 saturated carbocycles. The van der Waals surface area contributed by atoms with Gasteiger partial charge in [-0.3, -0.25) is 9.78 Å². The lowest BCUT2D eigenvalue weighted by Gasteiger charge is -2.13. The van der Waals surface area contributed by atoms with Crippen LogP contribution < -0.4 is 5.32 Å². The first-order valence-electron chi connectivity index (χ1n) is 7.48. The molecule has 4 heteroatoms. The first-order chi connectivity index (χ1) is 10.7. The number of rotatable bonds is 5. The Labute approximate surface area is 129 Å². The van der Waals surface area contributed by atoms with E-state index in [1.165, 1.54) is 10.9 Å². The van der Waals surface area contributed by atoms with Crippen molar-refractivity contribution in [3.05, 3.63) is 66.1 Å². The molecule has 0 fully saturated rings. The van der Waals surface area contributed by atoms with Gasteiger partial charge in [-0.2, -0.15) is 0 Å². The normalized spacial score (nSPS) is 12.2. The van der Waals surface area contributed by atoms with E-state index >= 15 is 0 Å². The Morgan fingerprint density at radius 3 is 2.82 bits per heavy atom. The van der Waals surface area contributed by atoms with Crippen molar-refractivity contribution in [3.8, 4) is 0 Å². The number of benzene rings is 1. The average Bonchev–Trinajstić information content (AvgIpc) is 2.97.